The molecule has 0 bridgehead atoms. The van der Waals surface area contributed by atoms with Crippen molar-refractivity contribution in [1.29, 1.82) is 0 Å². The first-order valence-electron chi connectivity index (χ1n) is 6.04. The first-order valence-corrected chi connectivity index (χ1v) is 7.32. The Balaban J connectivity index is 2.34. The molecule has 1 unspecified atom stereocenters. The summed E-state index contributed by atoms with van der Waals surface area (Å²) in [6, 6.07) is 5.70. The summed E-state index contributed by atoms with van der Waals surface area (Å²) in [4.78, 5) is 4.42. The fourth-order valence-corrected chi connectivity index (χ4v) is 2.34. The van der Waals surface area contributed by atoms with E-state index in [0.717, 1.165) is 24.0 Å². The molecular weight excluding hydrogens is 246 g/mol. The highest BCUT2D eigenvalue weighted by molar-refractivity contribution is 7.99. The molecule has 0 spiro atoms. The summed E-state index contributed by atoms with van der Waals surface area (Å²) in [6.07, 6.45) is 3.17. The third-order valence-corrected chi connectivity index (χ3v) is 4.19. The SMILES string of the molecule is CSC(C)CCn1c(CO)nc2cc(N)ccc21. The molecule has 1 atom stereocenters. The largest absolute Gasteiger partial charge is 0.399 e. The first kappa shape index (κ1) is 13.2. The number of aliphatic hydroxyl groups is 1. The van der Waals surface area contributed by atoms with Crippen molar-refractivity contribution < 1.29 is 5.11 Å². The fraction of sp³-hybridized carbons (Fsp3) is 0.462. The van der Waals surface area contributed by atoms with Crippen LogP contribution in [0.5, 0.6) is 0 Å². The second kappa shape index (κ2) is 5.63. The summed E-state index contributed by atoms with van der Waals surface area (Å²) in [6.45, 7) is 3.04. The predicted molar refractivity (Wildman–Crippen MR) is 77.7 cm³/mol. The van der Waals surface area contributed by atoms with E-state index in [-0.39, 0.29) is 6.61 Å². The highest BCUT2D eigenvalue weighted by atomic mass is 32.2. The minimum absolute atomic E-state index is 0.0395. The quantitative estimate of drug-likeness (QED) is 0.814. The van der Waals surface area contributed by atoms with Gasteiger partial charge in [-0.2, -0.15) is 11.8 Å². The Bertz CT molecular complexity index is 538. The number of nitrogens with two attached hydrogens (primary N) is 1. The summed E-state index contributed by atoms with van der Waals surface area (Å²) in [5.41, 5.74) is 8.36. The molecule has 2 aromatic rings. The van der Waals surface area contributed by atoms with Crippen molar-refractivity contribution in [2.24, 2.45) is 0 Å². The molecule has 0 radical (unpaired) electrons. The van der Waals surface area contributed by atoms with Crippen LogP contribution in [0.25, 0.3) is 11.0 Å². The molecular formula is C13H19N3OS. The second-order valence-electron chi connectivity index (χ2n) is 4.42. The molecule has 2 rings (SSSR count). The summed E-state index contributed by atoms with van der Waals surface area (Å²) < 4.78 is 2.08. The van der Waals surface area contributed by atoms with Gasteiger partial charge in [-0.3, -0.25) is 0 Å². The highest BCUT2D eigenvalue weighted by Crippen LogP contribution is 2.21. The maximum Gasteiger partial charge on any atom is 0.135 e. The normalized spacial score (nSPS) is 13.1. The van der Waals surface area contributed by atoms with Gasteiger partial charge in [-0.25, -0.2) is 4.98 Å². The van der Waals surface area contributed by atoms with Crippen molar-refractivity contribution in [3.63, 3.8) is 0 Å². The van der Waals surface area contributed by atoms with Gasteiger partial charge in [0, 0.05) is 17.5 Å². The van der Waals surface area contributed by atoms with Crippen molar-refractivity contribution >= 4 is 28.5 Å². The summed E-state index contributed by atoms with van der Waals surface area (Å²) in [7, 11) is 0. The van der Waals surface area contributed by atoms with Crippen molar-refractivity contribution in [1.82, 2.24) is 9.55 Å². The number of nitrogens with zero attached hydrogens (tertiary/aromatic N) is 2. The number of hydrogen-bond donors (Lipinski definition) is 2. The number of fused-ring (bicyclic) bond motifs is 1. The lowest BCUT2D eigenvalue weighted by molar-refractivity contribution is 0.265. The van der Waals surface area contributed by atoms with Crippen molar-refractivity contribution in [2.45, 2.75) is 31.7 Å². The van der Waals surface area contributed by atoms with Gasteiger partial charge in [-0.15, -0.1) is 0 Å². The number of thioether (sulfide) groups is 1. The molecule has 0 saturated carbocycles. The number of imidazole rings is 1. The van der Waals surface area contributed by atoms with Gasteiger partial charge in [0.25, 0.3) is 0 Å². The lowest BCUT2D eigenvalue weighted by atomic mass is 10.2. The number of aliphatic hydroxyl groups excluding tert-OH is 1. The van der Waals surface area contributed by atoms with Crippen molar-refractivity contribution in [3.8, 4) is 0 Å². The van der Waals surface area contributed by atoms with Crippen LogP contribution in [0.1, 0.15) is 19.2 Å². The van der Waals surface area contributed by atoms with Gasteiger partial charge in [-0.1, -0.05) is 6.92 Å². The Labute approximate surface area is 111 Å². The predicted octanol–water partition coefficient (Wildman–Crippen LogP) is 2.25. The van der Waals surface area contributed by atoms with Crippen LogP contribution in [-0.2, 0) is 13.2 Å². The second-order valence-corrected chi connectivity index (χ2v) is 5.70. The van der Waals surface area contributed by atoms with E-state index in [1.165, 1.54) is 0 Å². The Morgan fingerprint density at radius 2 is 2.28 bits per heavy atom. The fourth-order valence-electron chi connectivity index (χ4n) is 2.00. The highest BCUT2D eigenvalue weighted by Gasteiger charge is 2.11. The molecule has 98 valence electrons. The Kier molecular flexibility index (Phi) is 4.14. The Morgan fingerprint density at radius 1 is 1.50 bits per heavy atom. The average molecular weight is 265 g/mol. The average Bonchev–Trinajstić information content (AvgIpc) is 2.72. The molecule has 0 amide bonds. The van der Waals surface area contributed by atoms with Gasteiger partial charge in [0.15, 0.2) is 0 Å². The van der Waals surface area contributed by atoms with Gasteiger partial charge in [-0.05, 0) is 30.9 Å². The van der Waals surface area contributed by atoms with Gasteiger partial charge in [0.2, 0.25) is 0 Å². The molecule has 18 heavy (non-hydrogen) atoms. The molecule has 0 saturated heterocycles. The van der Waals surface area contributed by atoms with Crippen molar-refractivity contribution in [3.05, 3.63) is 24.0 Å². The molecule has 0 aliphatic carbocycles. The zero-order chi connectivity index (χ0) is 13.1. The van der Waals surface area contributed by atoms with Crippen LogP contribution in [-0.4, -0.2) is 26.2 Å². The third-order valence-electron chi connectivity index (χ3n) is 3.15. The number of anilines is 1. The minimum atomic E-state index is -0.0395. The maximum absolute atomic E-state index is 9.39. The van der Waals surface area contributed by atoms with E-state index in [1.807, 2.05) is 30.0 Å². The molecule has 3 N–H and O–H groups in total. The smallest absolute Gasteiger partial charge is 0.135 e. The zero-order valence-corrected chi connectivity index (χ0v) is 11.6. The van der Waals surface area contributed by atoms with Crippen LogP contribution in [0.15, 0.2) is 18.2 Å². The Hall–Kier alpha value is -1.20. The lowest BCUT2D eigenvalue weighted by Crippen LogP contribution is -2.08. The molecule has 1 aromatic heterocycles. The van der Waals surface area contributed by atoms with E-state index in [0.29, 0.717) is 16.8 Å². The standard InChI is InChI=1S/C13H19N3OS/c1-9(18-2)5-6-16-12-4-3-10(14)7-11(12)15-13(16)8-17/h3-4,7,9,17H,5-6,8,14H2,1-2H3. The lowest BCUT2D eigenvalue weighted by Gasteiger charge is -2.11. The third kappa shape index (κ3) is 2.62. The van der Waals surface area contributed by atoms with Crippen LogP contribution in [0.3, 0.4) is 0 Å². The molecule has 0 fully saturated rings. The molecule has 1 aromatic carbocycles. The zero-order valence-electron chi connectivity index (χ0n) is 10.8. The summed E-state index contributed by atoms with van der Waals surface area (Å²) in [5, 5.41) is 9.99. The number of rotatable bonds is 5. The molecule has 0 aliphatic heterocycles. The minimum Gasteiger partial charge on any atom is -0.399 e. The van der Waals surface area contributed by atoms with Gasteiger partial charge in [0.05, 0.1) is 11.0 Å². The first-order chi connectivity index (χ1) is 8.65. The number of nitrogen functional groups attached to an aromatic ring is 1. The van der Waals surface area contributed by atoms with Gasteiger partial charge < -0.3 is 15.4 Å². The number of benzene rings is 1. The number of aromatic nitrogens is 2. The number of aryl methyl sites for hydroxylation is 1. The van der Waals surface area contributed by atoms with E-state index < -0.39 is 0 Å². The van der Waals surface area contributed by atoms with Crippen LogP contribution in [0, 0.1) is 0 Å². The topological polar surface area (TPSA) is 64.1 Å². The maximum atomic E-state index is 9.39. The van der Waals surface area contributed by atoms with Gasteiger partial charge in [0.1, 0.15) is 12.4 Å². The molecule has 4 nitrogen and oxygen atoms in total. The van der Waals surface area contributed by atoms with Crippen LogP contribution >= 0.6 is 11.8 Å². The molecule has 1 heterocycles. The van der Waals surface area contributed by atoms with Crippen LogP contribution in [0.4, 0.5) is 5.69 Å². The van der Waals surface area contributed by atoms with Crippen molar-refractivity contribution in [2.75, 3.05) is 12.0 Å². The van der Waals surface area contributed by atoms with E-state index in [2.05, 4.69) is 22.7 Å². The number of hydrogen-bond acceptors (Lipinski definition) is 4. The summed E-state index contributed by atoms with van der Waals surface area (Å²) >= 11 is 1.85. The summed E-state index contributed by atoms with van der Waals surface area (Å²) in [5.74, 6) is 0.712. The van der Waals surface area contributed by atoms with E-state index in [9.17, 15) is 5.11 Å². The molecule has 5 heteroatoms. The Morgan fingerprint density at radius 3 is 2.94 bits per heavy atom. The van der Waals surface area contributed by atoms with Crippen LogP contribution in [0.2, 0.25) is 0 Å². The van der Waals surface area contributed by atoms with E-state index in [4.69, 9.17) is 5.73 Å². The van der Waals surface area contributed by atoms with Gasteiger partial charge >= 0.3 is 0 Å². The molecule has 0 aliphatic rings. The van der Waals surface area contributed by atoms with E-state index in [1.54, 1.807) is 0 Å². The van der Waals surface area contributed by atoms with E-state index >= 15 is 0 Å². The monoisotopic (exact) mass is 265 g/mol. The van der Waals surface area contributed by atoms with Crippen LogP contribution < -0.4 is 5.73 Å².